The molecule has 0 saturated carbocycles. The van der Waals surface area contributed by atoms with Crippen LogP contribution in [-0.4, -0.2) is 26.5 Å². The quantitative estimate of drug-likeness (QED) is 0.643. The number of tetrazole rings is 1. The molecule has 1 aromatic heterocycles. The molecule has 68 valence electrons. The number of nitrogens with one attached hydrogen (secondary N) is 1. The predicted octanol–water partition coefficient (Wildman–Crippen LogP) is -0.181. The Labute approximate surface area is 65.6 Å². The molecule has 0 fully saturated rings. The molecule has 8 heteroatoms. The van der Waals surface area contributed by atoms with Gasteiger partial charge in [0.05, 0.1) is 13.6 Å². The number of nitrogens with zero attached hydrogens (tertiary/aromatic N) is 4. The molecule has 0 spiro atoms. The van der Waals surface area contributed by atoms with E-state index in [1.165, 1.54) is 12.4 Å². The first kappa shape index (κ1) is 8.91. The Balaban J connectivity index is 2.44. The zero-order valence-corrected chi connectivity index (χ0v) is 6.13. The molecule has 0 bridgehead atoms. The van der Waals surface area contributed by atoms with Gasteiger partial charge in [-0.1, -0.05) is 0 Å². The van der Waals surface area contributed by atoms with Crippen LogP contribution in [0.15, 0.2) is 0 Å². The van der Waals surface area contributed by atoms with E-state index in [4.69, 9.17) is 0 Å². The third-order valence-corrected chi connectivity index (χ3v) is 0.997. The summed E-state index contributed by atoms with van der Waals surface area (Å²) in [6.07, 6.45) is -4.40. The molecule has 1 aromatic rings. The lowest BCUT2D eigenvalue weighted by molar-refractivity contribution is -0.158. The first-order valence-electron chi connectivity index (χ1n) is 3.02. The topological polar surface area (TPSA) is 55.6 Å². The predicted molar refractivity (Wildman–Crippen MR) is 31.7 cm³/mol. The number of hydrogen-bond donors (Lipinski definition) is 1. The maximum absolute atomic E-state index is 11.6. The summed E-state index contributed by atoms with van der Waals surface area (Å²) < 4.78 is 34.7. The van der Waals surface area contributed by atoms with Crippen molar-refractivity contribution in [2.24, 2.45) is 7.05 Å². The molecular formula is C4H6F3N5. The maximum atomic E-state index is 11.6. The normalized spacial score (nSPS) is 12.0. The lowest BCUT2D eigenvalue weighted by Crippen LogP contribution is -2.31. The van der Waals surface area contributed by atoms with Gasteiger partial charge >= 0.3 is 6.30 Å². The molecule has 1 N–H and O–H groups in total. The van der Waals surface area contributed by atoms with Crippen LogP contribution in [0.4, 0.5) is 13.2 Å². The number of alkyl halides is 3. The van der Waals surface area contributed by atoms with Gasteiger partial charge in [-0.2, -0.15) is 18.0 Å². The van der Waals surface area contributed by atoms with Crippen molar-refractivity contribution in [2.75, 3.05) is 0 Å². The highest BCUT2D eigenvalue weighted by molar-refractivity contribution is 4.75. The van der Waals surface area contributed by atoms with Crippen LogP contribution in [0, 0.1) is 0 Å². The van der Waals surface area contributed by atoms with Crippen LogP contribution in [0.3, 0.4) is 0 Å². The highest BCUT2D eigenvalue weighted by Gasteiger charge is 2.26. The summed E-state index contributed by atoms with van der Waals surface area (Å²) >= 11 is 0. The van der Waals surface area contributed by atoms with Gasteiger partial charge in [0, 0.05) is 0 Å². The van der Waals surface area contributed by atoms with Gasteiger partial charge in [0.1, 0.15) is 0 Å². The highest BCUT2D eigenvalue weighted by Crippen LogP contribution is 2.09. The van der Waals surface area contributed by atoms with Crippen LogP contribution in [0.5, 0.6) is 0 Å². The average molecular weight is 181 g/mol. The number of rotatable bonds is 2. The van der Waals surface area contributed by atoms with E-state index in [-0.39, 0.29) is 5.82 Å². The van der Waals surface area contributed by atoms with Crippen molar-refractivity contribution in [1.29, 1.82) is 0 Å². The molecule has 1 rings (SSSR count). The summed E-state index contributed by atoms with van der Waals surface area (Å²) in [6, 6.07) is 0. The SMILES string of the molecule is Cn1nnc(CNC(F)(F)F)n1. The molecule has 0 radical (unpaired) electrons. The first-order chi connectivity index (χ1) is 5.47. The molecule has 0 unspecified atom stereocenters. The van der Waals surface area contributed by atoms with Crippen molar-refractivity contribution in [1.82, 2.24) is 25.5 Å². The van der Waals surface area contributed by atoms with Crippen LogP contribution in [0.25, 0.3) is 0 Å². The van der Waals surface area contributed by atoms with Crippen molar-refractivity contribution >= 4 is 0 Å². The largest absolute Gasteiger partial charge is 0.457 e. The summed E-state index contributed by atoms with van der Waals surface area (Å²) in [5.74, 6) is 0.00910. The molecule has 0 amide bonds. The first-order valence-corrected chi connectivity index (χ1v) is 3.02. The minimum absolute atomic E-state index is 0.00910. The molecule has 0 aliphatic heterocycles. The molecule has 0 aliphatic rings. The summed E-state index contributed by atoms with van der Waals surface area (Å²) in [5, 5.41) is 11.5. The smallest absolute Gasteiger partial charge is 0.220 e. The Bertz CT molecular complexity index is 253. The van der Waals surface area contributed by atoms with E-state index in [2.05, 4.69) is 15.4 Å². The molecule has 0 aromatic carbocycles. The van der Waals surface area contributed by atoms with Gasteiger partial charge < -0.3 is 0 Å². The standard InChI is InChI=1S/C4H6F3N5/c1-12-10-3(9-11-12)2-8-4(5,6)7/h8H,2H2,1H3. The Morgan fingerprint density at radius 3 is 2.58 bits per heavy atom. The molecule has 0 aliphatic carbocycles. The van der Waals surface area contributed by atoms with Gasteiger partial charge in [-0.3, -0.25) is 0 Å². The third-order valence-electron chi connectivity index (χ3n) is 0.997. The van der Waals surface area contributed by atoms with E-state index in [0.717, 1.165) is 4.80 Å². The second kappa shape index (κ2) is 3.05. The lowest BCUT2D eigenvalue weighted by Gasteiger charge is -2.04. The number of hydrogen-bond acceptors (Lipinski definition) is 4. The van der Waals surface area contributed by atoms with Gasteiger partial charge in [0.2, 0.25) is 0 Å². The highest BCUT2D eigenvalue weighted by atomic mass is 19.4. The fraction of sp³-hybridized carbons (Fsp3) is 0.750. The minimum Gasteiger partial charge on any atom is -0.220 e. The molecular weight excluding hydrogens is 175 g/mol. The van der Waals surface area contributed by atoms with E-state index in [1.807, 2.05) is 0 Å². The molecule has 0 saturated heterocycles. The zero-order valence-electron chi connectivity index (χ0n) is 6.13. The minimum atomic E-state index is -4.40. The van der Waals surface area contributed by atoms with Crippen LogP contribution in [0.2, 0.25) is 0 Å². The van der Waals surface area contributed by atoms with Crippen molar-refractivity contribution in [3.05, 3.63) is 5.82 Å². The summed E-state index contributed by atoms with van der Waals surface area (Å²) in [4.78, 5) is 1.09. The lowest BCUT2D eigenvalue weighted by atomic mass is 10.6. The zero-order chi connectivity index (χ0) is 9.19. The Kier molecular flexibility index (Phi) is 2.27. The number of halogens is 3. The van der Waals surface area contributed by atoms with Crippen LogP contribution in [-0.2, 0) is 13.6 Å². The van der Waals surface area contributed by atoms with Gasteiger partial charge in [0.25, 0.3) is 0 Å². The van der Waals surface area contributed by atoms with E-state index in [1.54, 1.807) is 0 Å². The van der Waals surface area contributed by atoms with Crippen molar-refractivity contribution in [2.45, 2.75) is 12.8 Å². The monoisotopic (exact) mass is 181 g/mol. The van der Waals surface area contributed by atoms with E-state index >= 15 is 0 Å². The number of aryl methyl sites for hydroxylation is 1. The van der Waals surface area contributed by atoms with Crippen molar-refractivity contribution < 1.29 is 13.2 Å². The van der Waals surface area contributed by atoms with Gasteiger partial charge in [-0.05, 0) is 5.21 Å². The Morgan fingerprint density at radius 1 is 1.50 bits per heavy atom. The van der Waals surface area contributed by atoms with Crippen LogP contribution in [0.1, 0.15) is 5.82 Å². The summed E-state index contributed by atoms with van der Waals surface area (Å²) in [5.41, 5.74) is 0. The fourth-order valence-electron chi connectivity index (χ4n) is 0.573. The van der Waals surface area contributed by atoms with Gasteiger partial charge in [0.15, 0.2) is 5.82 Å². The number of aromatic nitrogens is 4. The fourth-order valence-corrected chi connectivity index (χ4v) is 0.573. The van der Waals surface area contributed by atoms with E-state index in [0.29, 0.717) is 0 Å². The Hall–Kier alpha value is -1.18. The van der Waals surface area contributed by atoms with E-state index in [9.17, 15) is 13.2 Å². The summed E-state index contributed by atoms with van der Waals surface area (Å²) in [7, 11) is 1.48. The van der Waals surface area contributed by atoms with Gasteiger partial charge in [-0.25, -0.2) is 5.32 Å². The summed E-state index contributed by atoms with van der Waals surface area (Å²) in [6.45, 7) is -0.461. The molecule has 0 atom stereocenters. The second-order valence-corrected chi connectivity index (χ2v) is 2.05. The van der Waals surface area contributed by atoms with Crippen molar-refractivity contribution in [3.8, 4) is 0 Å². The maximum Gasteiger partial charge on any atom is 0.457 e. The van der Waals surface area contributed by atoms with Gasteiger partial charge in [-0.15, -0.1) is 10.2 Å². The molecule has 5 nitrogen and oxygen atoms in total. The Morgan fingerprint density at radius 2 is 2.17 bits per heavy atom. The van der Waals surface area contributed by atoms with Crippen LogP contribution >= 0.6 is 0 Å². The third kappa shape index (κ3) is 2.82. The molecule has 1 heterocycles. The van der Waals surface area contributed by atoms with Crippen molar-refractivity contribution in [3.63, 3.8) is 0 Å². The van der Waals surface area contributed by atoms with E-state index < -0.39 is 12.8 Å². The average Bonchev–Trinajstić information content (AvgIpc) is 2.30. The van der Waals surface area contributed by atoms with Crippen LogP contribution < -0.4 is 5.32 Å². The second-order valence-electron chi connectivity index (χ2n) is 2.05. The molecule has 12 heavy (non-hydrogen) atoms.